The minimum Gasteiger partial charge on any atom is -0.481 e. The molecule has 20 heavy (non-hydrogen) atoms. The zero-order valence-electron chi connectivity index (χ0n) is 10.7. The fraction of sp³-hybridized carbons (Fsp3) is 0.538. The number of hydrogen-bond donors (Lipinski definition) is 2. The Kier molecular flexibility index (Phi) is 4.15. The lowest BCUT2D eigenvalue weighted by molar-refractivity contribution is -0.143. The van der Waals surface area contributed by atoms with E-state index in [9.17, 15) is 18.0 Å². The Labute approximate surface area is 114 Å². The Morgan fingerprint density at radius 3 is 2.65 bits per heavy atom. The van der Waals surface area contributed by atoms with E-state index in [1.54, 1.807) is 0 Å². The number of aliphatic carboxylic acids is 1. The van der Waals surface area contributed by atoms with Crippen LogP contribution in [-0.4, -0.2) is 22.1 Å². The van der Waals surface area contributed by atoms with Crippen molar-refractivity contribution in [3.63, 3.8) is 0 Å². The molecule has 0 amide bonds. The number of carboxylic acid groups (broad SMARTS) is 1. The van der Waals surface area contributed by atoms with E-state index < -0.39 is 17.8 Å². The summed E-state index contributed by atoms with van der Waals surface area (Å²) in [5.41, 5.74) is -0.454. The fourth-order valence-corrected chi connectivity index (χ4v) is 2.43. The van der Waals surface area contributed by atoms with Crippen LogP contribution in [0.2, 0.25) is 0 Å². The molecule has 2 unspecified atom stereocenters. The number of aromatic nitrogens is 1. The van der Waals surface area contributed by atoms with Crippen molar-refractivity contribution >= 4 is 11.7 Å². The van der Waals surface area contributed by atoms with Crippen molar-refractivity contribution < 1.29 is 23.1 Å². The number of halogens is 3. The van der Waals surface area contributed by atoms with Crippen molar-refractivity contribution in [1.29, 1.82) is 0 Å². The standard InChI is InChI=1S/C13H15F3N2O2/c14-13(15,16)11-5-4-10(7-17-11)18-9-3-1-2-8(6-9)12(19)20/h4-5,7-9,18H,1-3,6H2,(H,19,20). The Morgan fingerprint density at radius 2 is 2.10 bits per heavy atom. The molecule has 0 aliphatic heterocycles. The quantitative estimate of drug-likeness (QED) is 0.897. The van der Waals surface area contributed by atoms with Crippen LogP contribution >= 0.6 is 0 Å². The molecule has 4 nitrogen and oxygen atoms in total. The first-order valence-corrected chi connectivity index (χ1v) is 6.39. The second-order valence-electron chi connectivity index (χ2n) is 4.97. The third-order valence-corrected chi connectivity index (χ3v) is 3.45. The van der Waals surface area contributed by atoms with Gasteiger partial charge in [0.05, 0.1) is 17.8 Å². The monoisotopic (exact) mass is 288 g/mol. The van der Waals surface area contributed by atoms with Gasteiger partial charge >= 0.3 is 12.1 Å². The summed E-state index contributed by atoms with van der Waals surface area (Å²) in [5, 5.41) is 12.0. The molecule has 1 heterocycles. The van der Waals surface area contributed by atoms with Crippen molar-refractivity contribution in [2.24, 2.45) is 5.92 Å². The second kappa shape index (κ2) is 5.68. The molecule has 0 bridgehead atoms. The number of alkyl halides is 3. The van der Waals surface area contributed by atoms with E-state index in [1.165, 1.54) is 6.07 Å². The van der Waals surface area contributed by atoms with E-state index in [1.807, 2.05) is 0 Å². The number of rotatable bonds is 3. The van der Waals surface area contributed by atoms with E-state index >= 15 is 0 Å². The Morgan fingerprint density at radius 1 is 1.35 bits per heavy atom. The van der Waals surface area contributed by atoms with Gasteiger partial charge < -0.3 is 10.4 Å². The number of carbonyl (C=O) groups is 1. The molecule has 0 spiro atoms. The van der Waals surface area contributed by atoms with Gasteiger partial charge in [0.25, 0.3) is 0 Å². The molecule has 2 rings (SSSR count). The average Bonchev–Trinajstić information content (AvgIpc) is 2.38. The molecule has 7 heteroatoms. The van der Waals surface area contributed by atoms with Crippen LogP contribution in [0.4, 0.5) is 18.9 Å². The maximum Gasteiger partial charge on any atom is 0.433 e. The van der Waals surface area contributed by atoms with Gasteiger partial charge in [0, 0.05) is 6.04 Å². The van der Waals surface area contributed by atoms with E-state index in [4.69, 9.17) is 5.11 Å². The molecule has 0 aromatic carbocycles. The number of nitrogens with one attached hydrogen (secondary N) is 1. The van der Waals surface area contributed by atoms with E-state index in [2.05, 4.69) is 10.3 Å². The molecular formula is C13H15F3N2O2. The third-order valence-electron chi connectivity index (χ3n) is 3.45. The molecule has 1 aromatic heterocycles. The molecule has 1 aromatic rings. The summed E-state index contributed by atoms with van der Waals surface area (Å²) in [6, 6.07) is 2.20. The Balaban J connectivity index is 1.98. The van der Waals surface area contributed by atoms with Gasteiger partial charge in [0.2, 0.25) is 0 Å². The van der Waals surface area contributed by atoms with Gasteiger partial charge in [0.15, 0.2) is 0 Å². The normalized spacial score (nSPS) is 23.4. The molecule has 1 aliphatic rings. The summed E-state index contributed by atoms with van der Waals surface area (Å²) in [6.45, 7) is 0. The van der Waals surface area contributed by atoms with Crippen molar-refractivity contribution in [1.82, 2.24) is 4.98 Å². The summed E-state index contributed by atoms with van der Waals surface area (Å²) in [7, 11) is 0. The van der Waals surface area contributed by atoms with Crippen molar-refractivity contribution in [2.75, 3.05) is 5.32 Å². The lowest BCUT2D eigenvalue weighted by Gasteiger charge is -2.28. The van der Waals surface area contributed by atoms with Crippen molar-refractivity contribution in [3.05, 3.63) is 24.0 Å². The lowest BCUT2D eigenvalue weighted by Crippen LogP contribution is -2.31. The summed E-state index contributed by atoms with van der Waals surface area (Å²) < 4.78 is 37.1. The zero-order valence-corrected chi connectivity index (χ0v) is 10.7. The molecule has 1 fully saturated rings. The summed E-state index contributed by atoms with van der Waals surface area (Å²) in [6.07, 6.45) is -0.576. The van der Waals surface area contributed by atoms with Crippen LogP contribution in [0.15, 0.2) is 18.3 Å². The van der Waals surface area contributed by atoms with Gasteiger partial charge in [-0.25, -0.2) is 4.98 Å². The van der Waals surface area contributed by atoms with Gasteiger partial charge in [-0.05, 0) is 31.4 Å². The first-order chi connectivity index (χ1) is 9.36. The van der Waals surface area contributed by atoms with Gasteiger partial charge in [-0.2, -0.15) is 13.2 Å². The number of carboxylic acids is 1. The maximum absolute atomic E-state index is 12.4. The zero-order chi connectivity index (χ0) is 14.8. The molecule has 2 N–H and O–H groups in total. The Hall–Kier alpha value is -1.79. The fourth-order valence-electron chi connectivity index (χ4n) is 2.43. The first kappa shape index (κ1) is 14.6. The molecule has 0 radical (unpaired) electrons. The number of nitrogens with zero attached hydrogens (tertiary/aromatic N) is 1. The van der Waals surface area contributed by atoms with Crippen molar-refractivity contribution in [3.8, 4) is 0 Å². The lowest BCUT2D eigenvalue weighted by atomic mass is 9.86. The SMILES string of the molecule is O=C(O)C1CCCC(Nc2ccc(C(F)(F)F)nc2)C1. The number of pyridine rings is 1. The molecule has 110 valence electrons. The van der Waals surface area contributed by atoms with Crippen molar-refractivity contribution in [2.45, 2.75) is 37.9 Å². The Bertz CT molecular complexity index is 473. The maximum atomic E-state index is 12.4. The highest BCUT2D eigenvalue weighted by Gasteiger charge is 2.32. The average molecular weight is 288 g/mol. The van der Waals surface area contributed by atoms with Crippen LogP contribution in [0.3, 0.4) is 0 Å². The van der Waals surface area contributed by atoms with Crippen LogP contribution in [0.5, 0.6) is 0 Å². The van der Waals surface area contributed by atoms with E-state index in [0.717, 1.165) is 25.1 Å². The molecule has 1 aliphatic carbocycles. The smallest absolute Gasteiger partial charge is 0.433 e. The van der Waals surface area contributed by atoms with Gasteiger partial charge in [-0.1, -0.05) is 6.42 Å². The molecular weight excluding hydrogens is 273 g/mol. The first-order valence-electron chi connectivity index (χ1n) is 6.39. The minimum absolute atomic E-state index is 0.0385. The van der Waals surface area contributed by atoms with Crippen LogP contribution in [0, 0.1) is 5.92 Å². The van der Waals surface area contributed by atoms with Crippen LogP contribution < -0.4 is 5.32 Å². The molecule has 1 saturated carbocycles. The highest BCUT2D eigenvalue weighted by Crippen LogP contribution is 2.29. The van der Waals surface area contributed by atoms with Gasteiger partial charge in [-0.3, -0.25) is 4.79 Å². The molecule has 2 atom stereocenters. The van der Waals surface area contributed by atoms with E-state index in [-0.39, 0.29) is 12.0 Å². The second-order valence-corrected chi connectivity index (χ2v) is 4.97. The highest BCUT2D eigenvalue weighted by molar-refractivity contribution is 5.70. The predicted octanol–water partition coefficient (Wildman–Crippen LogP) is 3.16. The highest BCUT2D eigenvalue weighted by atomic mass is 19.4. The molecule has 0 saturated heterocycles. The summed E-state index contributed by atoms with van der Waals surface area (Å²) in [5.74, 6) is -1.20. The number of hydrogen-bond acceptors (Lipinski definition) is 3. The van der Waals surface area contributed by atoms with Crippen LogP contribution in [0.1, 0.15) is 31.4 Å². The van der Waals surface area contributed by atoms with Gasteiger partial charge in [-0.15, -0.1) is 0 Å². The van der Waals surface area contributed by atoms with E-state index in [0.29, 0.717) is 18.5 Å². The topological polar surface area (TPSA) is 62.2 Å². The predicted molar refractivity (Wildman–Crippen MR) is 66.2 cm³/mol. The van der Waals surface area contributed by atoms with Crippen LogP contribution in [-0.2, 0) is 11.0 Å². The van der Waals surface area contributed by atoms with Gasteiger partial charge in [0.1, 0.15) is 5.69 Å². The van der Waals surface area contributed by atoms with Crippen LogP contribution in [0.25, 0.3) is 0 Å². The number of anilines is 1. The minimum atomic E-state index is -4.45. The summed E-state index contributed by atoms with van der Waals surface area (Å²) >= 11 is 0. The largest absolute Gasteiger partial charge is 0.481 e. The third kappa shape index (κ3) is 3.61. The summed E-state index contributed by atoms with van der Waals surface area (Å²) in [4.78, 5) is 14.3.